The number of aliphatic hydroxyl groups is 1. The van der Waals surface area contributed by atoms with Crippen LogP contribution in [0.5, 0.6) is 0 Å². The van der Waals surface area contributed by atoms with E-state index in [1.165, 1.54) is 18.3 Å². The molecule has 5 nitrogen and oxygen atoms in total. The Morgan fingerprint density at radius 3 is 2.44 bits per heavy atom. The van der Waals surface area contributed by atoms with Crippen molar-refractivity contribution in [3.05, 3.63) is 64.1 Å². The summed E-state index contributed by atoms with van der Waals surface area (Å²) in [6.07, 6.45) is 1.36. The lowest BCUT2D eigenvalue weighted by atomic mass is 10.2. The van der Waals surface area contributed by atoms with Crippen LogP contribution in [0.15, 0.2) is 47.4 Å². The van der Waals surface area contributed by atoms with Gasteiger partial charge in [-0.3, -0.25) is 9.59 Å². The molecule has 0 radical (unpaired) electrons. The molecule has 5 heteroatoms. The quantitative estimate of drug-likeness (QED) is 0.756. The Morgan fingerprint density at radius 2 is 1.89 bits per heavy atom. The van der Waals surface area contributed by atoms with Gasteiger partial charge >= 0.3 is 0 Å². The van der Waals surface area contributed by atoms with Crippen LogP contribution in [0.25, 0.3) is 0 Å². The molecule has 0 saturated heterocycles. The van der Waals surface area contributed by atoms with Gasteiger partial charge in [0.25, 0.3) is 5.91 Å². The topological polar surface area (TPSA) is 82.2 Å². The zero-order valence-corrected chi connectivity index (χ0v) is 9.51. The number of carbonyl (C=O) groups is 1. The minimum Gasteiger partial charge on any atom is -0.392 e. The van der Waals surface area contributed by atoms with Crippen LogP contribution in [-0.4, -0.2) is 16.0 Å². The summed E-state index contributed by atoms with van der Waals surface area (Å²) in [6.45, 7) is -0.0336. The normalized spacial score (nSPS) is 10.1. The monoisotopic (exact) mass is 244 g/mol. The summed E-state index contributed by atoms with van der Waals surface area (Å²) in [5.41, 5.74) is 1.53. The minimum atomic E-state index is -0.303. The van der Waals surface area contributed by atoms with E-state index in [1.807, 2.05) is 0 Å². The zero-order chi connectivity index (χ0) is 13.0. The second kappa shape index (κ2) is 5.29. The van der Waals surface area contributed by atoms with E-state index >= 15 is 0 Å². The van der Waals surface area contributed by atoms with E-state index in [9.17, 15) is 9.59 Å². The van der Waals surface area contributed by atoms with Gasteiger partial charge in [0.15, 0.2) is 0 Å². The van der Waals surface area contributed by atoms with Crippen LogP contribution in [0.3, 0.4) is 0 Å². The Balaban J connectivity index is 2.10. The summed E-state index contributed by atoms with van der Waals surface area (Å²) in [7, 11) is 0. The maximum absolute atomic E-state index is 11.8. The van der Waals surface area contributed by atoms with E-state index in [2.05, 4.69) is 10.3 Å². The van der Waals surface area contributed by atoms with Crippen molar-refractivity contribution in [2.24, 2.45) is 0 Å². The van der Waals surface area contributed by atoms with Gasteiger partial charge in [0.1, 0.15) is 0 Å². The lowest BCUT2D eigenvalue weighted by Crippen LogP contribution is -2.14. The third kappa shape index (κ3) is 2.83. The lowest BCUT2D eigenvalue weighted by molar-refractivity contribution is 0.102. The fourth-order valence-corrected chi connectivity index (χ4v) is 1.45. The number of aliphatic hydroxyl groups excluding tert-OH is 1. The molecule has 3 N–H and O–H groups in total. The van der Waals surface area contributed by atoms with Gasteiger partial charge in [-0.1, -0.05) is 12.1 Å². The number of aromatic amines is 1. The Hall–Kier alpha value is -2.40. The van der Waals surface area contributed by atoms with Gasteiger partial charge < -0.3 is 15.4 Å². The second-order valence-electron chi connectivity index (χ2n) is 3.75. The second-order valence-corrected chi connectivity index (χ2v) is 3.75. The van der Waals surface area contributed by atoms with Crippen molar-refractivity contribution in [2.45, 2.75) is 6.61 Å². The van der Waals surface area contributed by atoms with E-state index in [-0.39, 0.29) is 18.1 Å². The van der Waals surface area contributed by atoms with Crippen molar-refractivity contribution >= 4 is 11.6 Å². The number of aromatic nitrogens is 1. The number of H-pyrrole nitrogens is 1. The summed E-state index contributed by atoms with van der Waals surface area (Å²) in [5, 5.41) is 11.6. The number of benzene rings is 1. The van der Waals surface area contributed by atoms with Gasteiger partial charge in [-0.2, -0.15) is 0 Å². The third-order valence-electron chi connectivity index (χ3n) is 2.44. The molecule has 1 heterocycles. The lowest BCUT2D eigenvalue weighted by Gasteiger charge is -2.05. The van der Waals surface area contributed by atoms with Crippen LogP contribution in [-0.2, 0) is 6.61 Å². The maximum Gasteiger partial charge on any atom is 0.257 e. The van der Waals surface area contributed by atoms with Crippen LogP contribution < -0.4 is 10.9 Å². The van der Waals surface area contributed by atoms with Crippen molar-refractivity contribution in [1.82, 2.24) is 4.98 Å². The molecule has 18 heavy (non-hydrogen) atoms. The third-order valence-corrected chi connectivity index (χ3v) is 2.44. The molecule has 1 aromatic carbocycles. The van der Waals surface area contributed by atoms with Gasteiger partial charge in [0.2, 0.25) is 5.56 Å². The van der Waals surface area contributed by atoms with Gasteiger partial charge in [0.05, 0.1) is 12.2 Å². The van der Waals surface area contributed by atoms with E-state index in [1.54, 1.807) is 24.3 Å². The molecule has 0 aliphatic carbocycles. The molecule has 0 unspecified atom stereocenters. The molecule has 2 aromatic rings. The average Bonchev–Trinajstić information content (AvgIpc) is 2.40. The first-order valence-electron chi connectivity index (χ1n) is 5.39. The maximum atomic E-state index is 11.8. The first-order valence-corrected chi connectivity index (χ1v) is 5.39. The highest BCUT2D eigenvalue weighted by atomic mass is 16.3. The summed E-state index contributed by atoms with van der Waals surface area (Å²) in [6, 6.07) is 9.61. The molecule has 1 amide bonds. The number of rotatable bonds is 3. The number of anilines is 1. The highest BCUT2D eigenvalue weighted by molar-refractivity contribution is 6.03. The van der Waals surface area contributed by atoms with Gasteiger partial charge in [-0.25, -0.2) is 0 Å². The number of hydrogen-bond donors (Lipinski definition) is 3. The molecule has 0 aliphatic heterocycles. The van der Waals surface area contributed by atoms with Gasteiger partial charge in [0, 0.05) is 18.0 Å². The fraction of sp³-hybridized carbons (Fsp3) is 0.0769. The number of hydrogen-bond acceptors (Lipinski definition) is 3. The molecule has 0 atom stereocenters. The van der Waals surface area contributed by atoms with Crippen LogP contribution in [0.4, 0.5) is 5.69 Å². The summed E-state index contributed by atoms with van der Waals surface area (Å²) in [4.78, 5) is 25.1. The molecular formula is C13H12N2O3. The van der Waals surface area contributed by atoms with Crippen LogP contribution in [0.1, 0.15) is 15.9 Å². The molecule has 1 aromatic heterocycles. The van der Waals surface area contributed by atoms with Crippen LogP contribution in [0.2, 0.25) is 0 Å². The fourth-order valence-electron chi connectivity index (χ4n) is 1.45. The average molecular weight is 244 g/mol. The highest BCUT2D eigenvalue weighted by Gasteiger charge is 2.05. The number of pyridine rings is 1. The molecule has 0 saturated carbocycles. The molecule has 0 aliphatic rings. The van der Waals surface area contributed by atoms with Gasteiger partial charge in [-0.05, 0) is 23.8 Å². The van der Waals surface area contributed by atoms with E-state index in [0.717, 1.165) is 5.56 Å². The number of amides is 1. The smallest absolute Gasteiger partial charge is 0.257 e. The Morgan fingerprint density at radius 1 is 1.17 bits per heavy atom. The van der Waals surface area contributed by atoms with E-state index in [0.29, 0.717) is 11.3 Å². The van der Waals surface area contributed by atoms with Crippen molar-refractivity contribution in [2.75, 3.05) is 5.32 Å². The standard InChI is InChI=1S/C13H12N2O3/c16-8-9-1-4-11(5-2-9)15-13(18)10-3-6-12(17)14-7-10/h1-7,16H,8H2,(H,14,17)(H,15,18). The highest BCUT2D eigenvalue weighted by Crippen LogP contribution is 2.10. The number of nitrogens with one attached hydrogen (secondary N) is 2. The predicted octanol–water partition coefficient (Wildman–Crippen LogP) is 1.12. The predicted molar refractivity (Wildman–Crippen MR) is 67.4 cm³/mol. The van der Waals surface area contributed by atoms with Crippen molar-refractivity contribution in [3.63, 3.8) is 0 Å². The minimum absolute atomic E-state index is 0.0336. The SMILES string of the molecule is O=C(Nc1ccc(CO)cc1)c1ccc(=O)[nH]c1. The Bertz CT molecular complexity index is 582. The van der Waals surface area contributed by atoms with Crippen LogP contribution in [0, 0.1) is 0 Å². The summed E-state index contributed by atoms with van der Waals surface area (Å²) in [5.74, 6) is -0.303. The molecule has 0 bridgehead atoms. The van der Waals surface area contributed by atoms with Crippen molar-refractivity contribution < 1.29 is 9.90 Å². The molecule has 0 spiro atoms. The zero-order valence-electron chi connectivity index (χ0n) is 9.51. The van der Waals surface area contributed by atoms with Gasteiger partial charge in [-0.15, -0.1) is 0 Å². The molecular weight excluding hydrogens is 232 g/mol. The van der Waals surface area contributed by atoms with E-state index < -0.39 is 0 Å². The Kier molecular flexibility index (Phi) is 3.54. The van der Waals surface area contributed by atoms with Crippen molar-refractivity contribution in [3.8, 4) is 0 Å². The molecule has 0 fully saturated rings. The summed E-state index contributed by atoms with van der Waals surface area (Å²) >= 11 is 0. The first-order chi connectivity index (χ1) is 8.69. The summed E-state index contributed by atoms with van der Waals surface area (Å²) < 4.78 is 0. The van der Waals surface area contributed by atoms with Crippen molar-refractivity contribution in [1.29, 1.82) is 0 Å². The van der Waals surface area contributed by atoms with E-state index in [4.69, 9.17) is 5.11 Å². The molecule has 92 valence electrons. The van der Waals surface area contributed by atoms with Crippen LogP contribution >= 0.6 is 0 Å². The first kappa shape index (κ1) is 12.1. The Labute approximate surface area is 103 Å². The number of carbonyl (C=O) groups excluding carboxylic acids is 1. The largest absolute Gasteiger partial charge is 0.392 e. The molecule has 2 rings (SSSR count).